The Kier molecular flexibility index (Phi) is 2.86. The Bertz CT molecular complexity index is 577. The van der Waals surface area contributed by atoms with Crippen molar-refractivity contribution in [2.24, 2.45) is 4.36 Å². The Morgan fingerprint density at radius 2 is 2.38 bits per heavy atom. The molecule has 0 atom stereocenters. The van der Waals surface area contributed by atoms with Crippen LogP contribution in [0, 0.1) is 5.82 Å². The first-order valence-corrected chi connectivity index (χ1v) is 4.80. The first kappa shape index (κ1) is 10.6. The van der Waals surface area contributed by atoms with Crippen molar-refractivity contribution >= 4 is 18.2 Å². The van der Waals surface area contributed by atoms with Gasteiger partial charge in [-0.3, -0.25) is 9.48 Å². The topological polar surface area (TPSA) is 63.0 Å². The molecule has 0 radical (unpaired) electrons. The summed E-state index contributed by atoms with van der Waals surface area (Å²) in [6, 6.07) is 2.73. The molecule has 2 heterocycles. The molecule has 0 saturated carbocycles. The van der Waals surface area contributed by atoms with Gasteiger partial charge in [-0.2, -0.15) is 9.46 Å². The van der Waals surface area contributed by atoms with Gasteiger partial charge in [-0.1, -0.05) is 0 Å². The maximum Gasteiger partial charge on any atom is 0.217 e. The quantitative estimate of drug-likeness (QED) is 0.871. The summed E-state index contributed by atoms with van der Waals surface area (Å²) in [5, 5.41) is 3.95. The number of rotatable bonds is 3. The average Bonchev–Trinajstić information content (AvgIpc) is 2.73. The molecule has 0 bridgehead atoms. The van der Waals surface area contributed by atoms with Gasteiger partial charge < -0.3 is 4.98 Å². The summed E-state index contributed by atoms with van der Waals surface area (Å²) in [5.41, 5.74) is -0.472. The van der Waals surface area contributed by atoms with Gasteiger partial charge in [-0.25, -0.2) is 4.39 Å². The molecule has 0 spiro atoms. The van der Waals surface area contributed by atoms with Crippen LogP contribution in [0.25, 0.3) is 0 Å². The van der Waals surface area contributed by atoms with Crippen molar-refractivity contribution in [2.75, 3.05) is 0 Å². The minimum Gasteiger partial charge on any atom is -0.361 e. The second kappa shape index (κ2) is 4.31. The summed E-state index contributed by atoms with van der Waals surface area (Å²) >= 11 is 4.46. The number of hydrogen-bond acceptors (Lipinski definition) is 4. The summed E-state index contributed by atoms with van der Waals surface area (Å²) < 4.78 is 18.2. The smallest absolute Gasteiger partial charge is 0.217 e. The third-order valence-corrected chi connectivity index (χ3v) is 2.20. The van der Waals surface area contributed by atoms with E-state index >= 15 is 0 Å². The van der Waals surface area contributed by atoms with Crippen LogP contribution in [0.5, 0.6) is 0 Å². The largest absolute Gasteiger partial charge is 0.361 e. The van der Waals surface area contributed by atoms with Gasteiger partial charge in [0.05, 0.1) is 12.2 Å². The van der Waals surface area contributed by atoms with E-state index in [1.54, 1.807) is 12.3 Å². The van der Waals surface area contributed by atoms with E-state index in [-0.39, 0.29) is 12.2 Å². The zero-order valence-electron chi connectivity index (χ0n) is 8.05. The Morgan fingerprint density at radius 3 is 3.06 bits per heavy atom. The van der Waals surface area contributed by atoms with E-state index in [0.29, 0.717) is 5.82 Å². The van der Waals surface area contributed by atoms with Gasteiger partial charge in [0.2, 0.25) is 5.43 Å². The molecule has 2 aromatic rings. The van der Waals surface area contributed by atoms with Gasteiger partial charge in [0, 0.05) is 37.0 Å². The zero-order chi connectivity index (χ0) is 11.5. The predicted octanol–water partition coefficient (Wildman–Crippen LogP) is 1.12. The Labute approximate surface area is 95.1 Å². The SMILES string of the molecule is O=c1cc[nH]c(Cn2ccc(N=S)n2)c1F. The molecule has 82 valence electrons. The standard InChI is InChI=1S/C9H7FN4OS/c10-9-6(11-3-1-7(9)15)5-14-4-2-8(12-14)13-16/h1-4H,5H2,(H,11,15). The molecule has 1 N–H and O–H groups in total. The van der Waals surface area contributed by atoms with E-state index in [1.807, 2.05) is 0 Å². The third kappa shape index (κ3) is 2.03. The molecule has 7 heteroatoms. The van der Waals surface area contributed by atoms with Crippen LogP contribution in [0.1, 0.15) is 5.69 Å². The van der Waals surface area contributed by atoms with Crippen molar-refractivity contribution in [3.63, 3.8) is 0 Å². The van der Waals surface area contributed by atoms with Gasteiger partial charge in [0.15, 0.2) is 11.6 Å². The number of aromatic nitrogens is 3. The number of pyridine rings is 1. The van der Waals surface area contributed by atoms with Crippen LogP contribution in [-0.4, -0.2) is 14.8 Å². The van der Waals surface area contributed by atoms with Crippen LogP contribution in [0.2, 0.25) is 0 Å². The number of nitrogens with one attached hydrogen (secondary N) is 1. The molecule has 2 rings (SSSR count). The number of nitrogens with zero attached hydrogens (tertiary/aromatic N) is 3. The minimum atomic E-state index is -0.796. The molecule has 2 aromatic heterocycles. The lowest BCUT2D eigenvalue weighted by atomic mass is 10.3. The zero-order valence-corrected chi connectivity index (χ0v) is 8.87. The second-order valence-electron chi connectivity index (χ2n) is 3.10. The van der Waals surface area contributed by atoms with E-state index in [9.17, 15) is 9.18 Å². The number of hydrogen-bond donors (Lipinski definition) is 1. The lowest BCUT2D eigenvalue weighted by Crippen LogP contribution is -2.13. The van der Waals surface area contributed by atoms with Crippen molar-refractivity contribution < 1.29 is 4.39 Å². The monoisotopic (exact) mass is 238 g/mol. The molecular formula is C9H7FN4OS. The molecule has 16 heavy (non-hydrogen) atoms. The minimum absolute atomic E-state index is 0.132. The molecule has 0 fully saturated rings. The van der Waals surface area contributed by atoms with Crippen LogP contribution in [-0.2, 0) is 19.0 Å². The van der Waals surface area contributed by atoms with E-state index in [2.05, 4.69) is 26.9 Å². The van der Waals surface area contributed by atoms with E-state index in [1.165, 1.54) is 10.9 Å². The van der Waals surface area contributed by atoms with Crippen LogP contribution in [0.4, 0.5) is 10.2 Å². The molecule has 0 unspecified atom stereocenters. The highest BCUT2D eigenvalue weighted by atomic mass is 32.1. The highest BCUT2D eigenvalue weighted by Crippen LogP contribution is 2.07. The van der Waals surface area contributed by atoms with Gasteiger partial charge in [-0.15, -0.1) is 0 Å². The molecule has 5 nitrogen and oxygen atoms in total. The van der Waals surface area contributed by atoms with Crippen molar-refractivity contribution in [3.8, 4) is 0 Å². The van der Waals surface area contributed by atoms with Gasteiger partial charge in [-0.05, 0) is 0 Å². The molecule has 0 aliphatic heterocycles. The summed E-state index contributed by atoms with van der Waals surface area (Å²) in [7, 11) is 0. The lowest BCUT2D eigenvalue weighted by Gasteiger charge is -2.02. The molecule has 0 aliphatic carbocycles. The van der Waals surface area contributed by atoms with Gasteiger partial charge in [0.25, 0.3) is 0 Å². The first-order valence-electron chi connectivity index (χ1n) is 4.43. The highest BCUT2D eigenvalue weighted by Gasteiger charge is 2.07. The summed E-state index contributed by atoms with van der Waals surface area (Å²) in [6.07, 6.45) is 3.00. The Balaban J connectivity index is 2.30. The second-order valence-corrected chi connectivity index (χ2v) is 3.28. The molecule has 0 aliphatic rings. The van der Waals surface area contributed by atoms with Crippen LogP contribution >= 0.6 is 0 Å². The normalized spacial score (nSPS) is 10.3. The third-order valence-electron chi connectivity index (χ3n) is 2.01. The summed E-state index contributed by atoms with van der Waals surface area (Å²) in [5.74, 6) is -0.413. The number of H-pyrrole nitrogens is 1. The molecule has 0 amide bonds. The number of halogens is 1. The van der Waals surface area contributed by atoms with E-state index < -0.39 is 11.2 Å². The van der Waals surface area contributed by atoms with Crippen LogP contribution in [0.3, 0.4) is 0 Å². The molecule has 0 aromatic carbocycles. The maximum atomic E-state index is 13.3. The van der Waals surface area contributed by atoms with Crippen LogP contribution in [0.15, 0.2) is 33.7 Å². The Morgan fingerprint density at radius 1 is 1.56 bits per heavy atom. The first-order chi connectivity index (χ1) is 7.70. The predicted molar refractivity (Wildman–Crippen MR) is 57.8 cm³/mol. The van der Waals surface area contributed by atoms with Crippen LogP contribution < -0.4 is 5.43 Å². The summed E-state index contributed by atoms with van der Waals surface area (Å²) in [6.45, 7) is 0.132. The highest BCUT2D eigenvalue weighted by molar-refractivity contribution is 7.47. The fourth-order valence-electron chi connectivity index (χ4n) is 1.27. The lowest BCUT2D eigenvalue weighted by molar-refractivity contribution is 0.563. The molecular weight excluding hydrogens is 231 g/mol. The van der Waals surface area contributed by atoms with Crippen molar-refractivity contribution in [1.82, 2.24) is 14.8 Å². The van der Waals surface area contributed by atoms with Gasteiger partial charge in [0.1, 0.15) is 0 Å². The fraction of sp³-hybridized carbons (Fsp3) is 0.111. The van der Waals surface area contributed by atoms with Crippen molar-refractivity contribution in [1.29, 1.82) is 0 Å². The van der Waals surface area contributed by atoms with E-state index in [0.717, 1.165) is 6.07 Å². The Hall–Kier alpha value is -1.89. The average molecular weight is 238 g/mol. The molecule has 0 saturated heterocycles. The van der Waals surface area contributed by atoms with Gasteiger partial charge >= 0.3 is 0 Å². The maximum absolute atomic E-state index is 13.3. The summed E-state index contributed by atoms with van der Waals surface area (Å²) in [4.78, 5) is 13.7. The van der Waals surface area contributed by atoms with E-state index in [4.69, 9.17) is 0 Å². The fourth-order valence-corrected chi connectivity index (χ4v) is 1.37. The number of aromatic amines is 1. The van der Waals surface area contributed by atoms with Crippen molar-refractivity contribution in [3.05, 3.63) is 46.3 Å². The van der Waals surface area contributed by atoms with Crippen molar-refractivity contribution in [2.45, 2.75) is 6.54 Å².